The quantitative estimate of drug-likeness (QED) is 0.132. The molecule has 6 aromatic rings. The van der Waals surface area contributed by atoms with Gasteiger partial charge in [-0.05, 0) is 64.4 Å². The molecule has 0 amide bonds. The fourth-order valence-electron chi connectivity index (χ4n) is 8.60. The second-order valence-electron chi connectivity index (χ2n) is 16.5. The van der Waals surface area contributed by atoms with E-state index in [1.807, 2.05) is 29.0 Å². The number of aryl methyl sites for hydroxylation is 2. The van der Waals surface area contributed by atoms with Crippen LogP contribution in [0.25, 0.3) is 44.6 Å². The van der Waals surface area contributed by atoms with Gasteiger partial charge >= 0.3 is 0 Å². The van der Waals surface area contributed by atoms with E-state index in [1.165, 1.54) is 28.8 Å². The molecule has 0 bridgehead atoms. The number of nitrogens with zero attached hydrogens (tertiary/aromatic N) is 9. The fourth-order valence-corrected chi connectivity index (χ4v) is 10.1. The number of hydrogen-bond donors (Lipinski definition) is 5. The molecule has 4 fully saturated rings. The van der Waals surface area contributed by atoms with Crippen LogP contribution >= 0.6 is 23.2 Å². The monoisotopic (exact) mass is 975 g/mol. The summed E-state index contributed by atoms with van der Waals surface area (Å²) in [4.78, 5) is 26.3. The van der Waals surface area contributed by atoms with Crippen LogP contribution in [0.15, 0.2) is 36.7 Å². The molecule has 4 saturated heterocycles. The first-order valence-electron chi connectivity index (χ1n) is 21.3. The lowest BCUT2D eigenvalue weighted by Gasteiger charge is -2.35. The molecule has 0 radical (unpaired) electrons. The van der Waals surface area contributed by atoms with Gasteiger partial charge in [0.25, 0.3) is 0 Å². The second kappa shape index (κ2) is 19.4. The number of piperidine rings is 2. The number of aromatic nitrogens is 8. The van der Waals surface area contributed by atoms with E-state index in [9.17, 15) is 23.0 Å². The normalized spacial score (nSPS) is 21.7. The summed E-state index contributed by atoms with van der Waals surface area (Å²) in [5, 5.41) is 30.7. The van der Waals surface area contributed by atoms with Crippen molar-refractivity contribution < 1.29 is 41.6 Å². The zero-order valence-corrected chi connectivity index (χ0v) is 38.4. The predicted octanol–water partition coefficient (Wildman–Crippen LogP) is 1.67. The maximum Gasteiger partial charge on any atom is 0.223 e. The van der Waals surface area contributed by atoms with Gasteiger partial charge in [-0.1, -0.05) is 23.2 Å². The molecule has 18 nitrogen and oxygen atoms in total. The number of ether oxygens (including phenoxy) is 2. The standard InChI is InChI=1S/C22H26ClFN6O4S.C20H22ClFN6O2.FH/c1-3-35(32,33)29-5-4-17(19(31)9-29)27-22-25-8-15(23)20(28-22)13-6-16(24)21-18(7-13)30(12(2)26-21)14-10-34-11-14;1-10-25-19-14(22)4-11(5-16(19)28(10)12-8-30-9-12)18-13(21)6-24-20(27-18)26-15-2-3-23-7-17(15)29;/h6-8,14,17,19,31H,3-5,9-11H2,1-2H3,(H,25,27,28);4-6,12,15,17,23,29H,2-3,7-9H2,1H3,(H,24,26,27);1H/p-1/t17-,19-;15-,17-;/m11./s1. The number of halogens is 5. The summed E-state index contributed by atoms with van der Waals surface area (Å²) < 4.78 is 70.1. The minimum atomic E-state index is -3.38. The van der Waals surface area contributed by atoms with Gasteiger partial charge in [0.15, 0.2) is 11.6 Å². The number of rotatable bonds is 10. The largest absolute Gasteiger partial charge is 1.00 e. The topological polar surface area (TPSA) is 220 Å². The van der Waals surface area contributed by atoms with E-state index in [0.29, 0.717) is 95.3 Å². The number of aliphatic hydroxyl groups is 2. The molecule has 0 spiro atoms. The number of anilines is 2. The van der Waals surface area contributed by atoms with Crippen LogP contribution in [0.5, 0.6) is 0 Å². The number of fused-ring (bicyclic) bond motifs is 2. The first-order chi connectivity index (χ1) is 31.2. The van der Waals surface area contributed by atoms with Gasteiger partial charge in [0.1, 0.15) is 22.7 Å². The first kappa shape index (κ1) is 47.7. The van der Waals surface area contributed by atoms with Crippen LogP contribution in [-0.2, 0) is 19.5 Å². The van der Waals surface area contributed by atoms with Crippen LogP contribution in [0.3, 0.4) is 0 Å². The highest BCUT2D eigenvalue weighted by Crippen LogP contribution is 2.36. The minimum absolute atomic E-state index is 0. The van der Waals surface area contributed by atoms with Crippen LogP contribution in [0.4, 0.5) is 20.7 Å². The Morgan fingerprint density at radius 2 is 1.26 bits per heavy atom. The molecule has 4 aromatic heterocycles. The molecule has 4 aliphatic rings. The second-order valence-corrected chi connectivity index (χ2v) is 19.6. The summed E-state index contributed by atoms with van der Waals surface area (Å²) in [5.41, 5.74) is 3.69. The molecule has 0 unspecified atom stereocenters. The van der Waals surface area contributed by atoms with E-state index >= 15 is 4.39 Å². The zero-order chi connectivity index (χ0) is 45.7. The summed E-state index contributed by atoms with van der Waals surface area (Å²) in [6.45, 7) is 9.09. The summed E-state index contributed by atoms with van der Waals surface area (Å²) >= 11 is 12.8. The molecule has 0 saturated carbocycles. The SMILES string of the molecule is CCS(=O)(=O)N1CC[C@@H](Nc2ncc(Cl)c(-c3cc(F)c4nc(C)n(C5COC5)c4c3)n2)[C@H](O)C1.Cc1nc2c(F)cc(-c3nc(N[C@@H]4CCNC[C@H]4O)ncc3Cl)cc2n1C1COC1.[F-]. The van der Waals surface area contributed by atoms with Gasteiger partial charge in [-0.2, -0.15) is 4.31 Å². The van der Waals surface area contributed by atoms with Crippen molar-refractivity contribution in [1.82, 2.24) is 48.7 Å². The van der Waals surface area contributed by atoms with Gasteiger partial charge in [0.05, 0.1) is 113 Å². The number of benzene rings is 2. The Balaban J connectivity index is 0.000000179. The third kappa shape index (κ3) is 9.39. The predicted molar refractivity (Wildman–Crippen MR) is 241 cm³/mol. The molecule has 5 N–H and O–H groups in total. The Bertz CT molecular complexity index is 2870. The Hall–Kier alpha value is -4.78. The van der Waals surface area contributed by atoms with Crippen LogP contribution < -0.4 is 20.7 Å². The van der Waals surface area contributed by atoms with Crippen LogP contribution in [0, 0.1) is 25.5 Å². The smallest absolute Gasteiger partial charge is 0.223 e. The molecule has 354 valence electrons. The fraction of sp³-hybridized carbons (Fsp3) is 0.476. The van der Waals surface area contributed by atoms with Crippen molar-refractivity contribution in [3.8, 4) is 22.5 Å². The third-order valence-electron chi connectivity index (χ3n) is 12.2. The minimum Gasteiger partial charge on any atom is -1.00 e. The lowest BCUT2D eigenvalue weighted by molar-refractivity contribution is -0.0224. The molecular formula is C42H48Cl2F3N12O6S-. The Labute approximate surface area is 387 Å². The average Bonchev–Trinajstić information content (AvgIpc) is 3.75. The number of β-amino-alcohol motifs (C(OH)–C–C–N with tert-alkyl or cyclic N) is 2. The van der Waals surface area contributed by atoms with E-state index in [4.69, 9.17) is 32.7 Å². The van der Waals surface area contributed by atoms with Crippen molar-refractivity contribution in [3.05, 3.63) is 70.0 Å². The molecule has 24 heteroatoms. The van der Waals surface area contributed by atoms with Crippen molar-refractivity contribution >= 4 is 67.2 Å². The number of nitrogens with one attached hydrogen (secondary N) is 3. The number of aliphatic hydroxyl groups excluding tert-OH is 2. The van der Waals surface area contributed by atoms with Crippen molar-refractivity contribution in [2.75, 3.05) is 69.0 Å². The Morgan fingerprint density at radius 1 is 0.773 bits per heavy atom. The summed E-state index contributed by atoms with van der Waals surface area (Å²) in [6, 6.07) is 6.02. The average molecular weight is 977 g/mol. The molecule has 8 heterocycles. The lowest BCUT2D eigenvalue weighted by atomic mass is 10.0. The zero-order valence-electron chi connectivity index (χ0n) is 36.1. The van der Waals surface area contributed by atoms with E-state index in [1.54, 1.807) is 13.0 Å². The van der Waals surface area contributed by atoms with Gasteiger partial charge in [-0.25, -0.2) is 47.1 Å². The van der Waals surface area contributed by atoms with Crippen LogP contribution in [0.1, 0.15) is 43.5 Å². The summed E-state index contributed by atoms with van der Waals surface area (Å²) in [5.74, 6) is 1.06. The molecular weight excluding hydrogens is 929 g/mol. The van der Waals surface area contributed by atoms with Gasteiger partial charge in [-0.15, -0.1) is 0 Å². The maximum atomic E-state index is 15.0. The number of hydrogen-bond acceptors (Lipinski definition) is 15. The van der Waals surface area contributed by atoms with Gasteiger partial charge in [0.2, 0.25) is 21.9 Å². The third-order valence-corrected chi connectivity index (χ3v) is 14.6. The van der Waals surface area contributed by atoms with Crippen LogP contribution in [-0.4, -0.2) is 145 Å². The number of imidazole rings is 2. The van der Waals surface area contributed by atoms with Gasteiger partial charge in [0, 0.05) is 30.8 Å². The van der Waals surface area contributed by atoms with E-state index < -0.39 is 39.9 Å². The first-order valence-corrected chi connectivity index (χ1v) is 23.7. The van der Waals surface area contributed by atoms with Gasteiger partial charge < -0.3 is 49.5 Å². The van der Waals surface area contributed by atoms with E-state index in [0.717, 1.165) is 18.8 Å². The highest BCUT2D eigenvalue weighted by molar-refractivity contribution is 7.89. The summed E-state index contributed by atoms with van der Waals surface area (Å²) in [7, 11) is -3.38. The van der Waals surface area contributed by atoms with Crippen molar-refractivity contribution in [3.63, 3.8) is 0 Å². The molecule has 2 aromatic carbocycles. The molecule has 4 aliphatic heterocycles. The van der Waals surface area contributed by atoms with Crippen molar-refractivity contribution in [2.45, 2.75) is 70.0 Å². The highest BCUT2D eigenvalue weighted by atomic mass is 35.5. The Morgan fingerprint density at radius 3 is 1.68 bits per heavy atom. The van der Waals surface area contributed by atoms with Crippen molar-refractivity contribution in [1.29, 1.82) is 0 Å². The Kier molecular flexibility index (Phi) is 14.1. The van der Waals surface area contributed by atoms with Gasteiger partial charge in [-0.3, -0.25) is 0 Å². The highest BCUT2D eigenvalue weighted by Gasteiger charge is 2.34. The maximum absolute atomic E-state index is 15.0. The molecule has 0 aliphatic carbocycles. The lowest BCUT2D eigenvalue weighted by Crippen LogP contribution is -3.00. The molecule has 66 heavy (non-hydrogen) atoms. The van der Waals surface area contributed by atoms with E-state index in [-0.39, 0.29) is 58.2 Å². The van der Waals surface area contributed by atoms with E-state index in [2.05, 4.69) is 45.9 Å². The van der Waals surface area contributed by atoms with Crippen molar-refractivity contribution in [2.24, 2.45) is 0 Å². The number of sulfonamides is 1. The van der Waals surface area contributed by atoms with Crippen LogP contribution in [0.2, 0.25) is 10.0 Å². The molecule has 4 atom stereocenters. The summed E-state index contributed by atoms with van der Waals surface area (Å²) in [6.07, 6.45) is 2.54. The molecule has 10 rings (SSSR count).